The average molecular weight is 521 g/mol. The number of hydrogen-bond acceptors (Lipinski definition) is 3. The molecule has 3 heteroatoms. The quantitative estimate of drug-likeness (QED) is 0.179. The first kappa shape index (κ1) is 24.4. The van der Waals surface area contributed by atoms with Gasteiger partial charge >= 0.3 is 0 Å². The summed E-state index contributed by atoms with van der Waals surface area (Å²) < 4.78 is 6.32. The Kier molecular flexibility index (Phi) is 6.41. The van der Waals surface area contributed by atoms with Crippen molar-refractivity contribution in [3.63, 3.8) is 0 Å². The smallest absolute Gasteiger partial charge is 0.129 e. The SMILES string of the molecule is Cc1ccc(COc2ccc3ccccc3c2C=Nc2ccc([C@@H]3Nc4ccccc4[C@H]4C=CC[C@H]43)cc2)cc1. The number of para-hydroxylation sites is 1. The second-order valence-electron chi connectivity index (χ2n) is 10.9. The summed E-state index contributed by atoms with van der Waals surface area (Å²) in [4.78, 5) is 4.90. The number of fused-ring (bicyclic) bond motifs is 4. The number of ether oxygens (including phenoxy) is 1. The van der Waals surface area contributed by atoms with Crippen LogP contribution in [0, 0.1) is 12.8 Å². The van der Waals surface area contributed by atoms with E-state index in [2.05, 4.69) is 134 Å². The fourth-order valence-corrected chi connectivity index (χ4v) is 6.16. The lowest BCUT2D eigenvalue weighted by atomic mass is 9.77. The Morgan fingerprint density at radius 1 is 0.850 bits per heavy atom. The van der Waals surface area contributed by atoms with E-state index in [9.17, 15) is 0 Å². The number of allylic oxidation sites excluding steroid dienone is 2. The van der Waals surface area contributed by atoms with Gasteiger partial charge in [0.05, 0.1) is 11.7 Å². The Morgan fingerprint density at radius 3 is 2.52 bits per heavy atom. The number of hydrogen-bond donors (Lipinski definition) is 1. The summed E-state index contributed by atoms with van der Waals surface area (Å²) in [6.45, 7) is 2.62. The van der Waals surface area contributed by atoms with Gasteiger partial charge in [-0.2, -0.15) is 0 Å². The maximum atomic E-state index is 6.32. The minimum Gasteiger partial charge on any atom is -0.488 e. The molecule has 40 heavy (non-hydrogen) atoms. The molecule has 1 aliphatic heterocycles. The maximum Gasteiger partial charge on any atom is 0.129 e. The number of nitrogens with one attached hydrogen (secondary N) is 1. The zero-order valence-electron chi connectivity index (χ0n) is 22.6. The average Bonchev–Trinajstić information content (AvgIpc) is 3.50. The van der Waals surface area contributed by atoms with Crippen LogP contribution in [-0.2, 0) is 6.61 Å². The third-order valence-corrected chi connectivity index (χ3v) is 8.31. The Bertz CT molecular complexity index is 1720. The lowest BCUT2D eigenvalue weighted by Crippen LogP contribution is -2.28. The van der Waals surface area contributed by atoms with Gasteiger partial charge in [0.1, 0.15) is 12.4 Å². The second-order valence-corrected chi connectivity index (χ2v) is 10.9. The summed E-state index contributed by atoms with van der Waals surface area (Å²) in [5.41, 5.74) is 8.29. The van der Waals surface area contributed by atoms with Crippen molar-refractivity contribution in [2.75, 3.05) is 5.32 Å². The number of anilines is 1. The van der Waals surface area contributed by atoms with Crippen LogP contribution in [0.1, 0.15) is 46.2 Å². The van der Waals surface area contributed by atoms with Crippen molar-refractivity contribution >= 4 is 28.4 Å². The molecule has 0 saturated carbocycles. The van der Waals surface area contributed by atoms with E-state index in [1.54, 1.807) is 0 Å². The summed E-state index contributed by atoms with van der Waals surface area (Å²) >= 11 is 0. The molecular weight excluding hydrogens is 488 g/mol. The zero-order valence-corrected chi connectivity index (χ0v) is 22.6. The van der Waals surface area contributed by atoms with E-state index >= 15 is 0 Å². The van der Waals surface area contributed by atoms with Crippen LogP contribution >= 0.6 is 0 Å². The molecular formula is C37H32N2O. The predicted octanol–water partition coefficient (Wildman–Crippen LogP) is 9.30. The van der Waals surface area contributed by atoms with Gasteiger partial charge in [0.15, 0.2) is 0 Å². The van der Waals surface area contributed by atoms with E-state index in [0.717, 1.165) is 34.4 Å². The standard InChI is InChI=1S/C37H32N2O/c1-25-13-15-26(16-14-25)24-40-36-22-19-27-7-2-3-8-30(27)34(36)23-38-29-20-17-28(18-21-29)37-33-11-6-10-31(33)32-9-4-5-12-35(32)39-37/h2-10,12-23,31,33,37,39H,11,24H2,1H3/t31-,33-,37+/m1/s1. The van der Waals surface area contributed by atoms with Gasteiger partial charge in [-0.3, -0.25) is 4.99 Å². The lowest BCUT2D eigenvalue weighted by molar-refractivity contribution is 0.306. The molecule has 0 fully saturated rings. The molecule has 1 heterocycles. The third-order valence-electron chi connectivity index (χ3n) is 8.31. The fourth-order valence-electron chi connectivity index (χ4n) is 6.16. The summed E-state index contributed by atoms with van der Waals surface area (Å²) in [7, 11) is 0. The van der Waals surface area contributed by atoms with Gasteiger partial charge in [-0.05, 0) is 71.0 Å². The highest BCUT2D eigenvalue weighted by Crippen LogP contribution is 2.49. The van der Waals surface area contributed by atoms with Gasteiger partial charge in [-0.15, -0.1) is 0 Å². The molecule has 1 aliphatic carbocycles. The number of aryl methyl sites for hydroxylation is 1. The maximum absolute atomic E-state index is 6.32. The first-order valence-electron chi connectivity index (χ1n) is 14.1. The summed E-state index contributed by atoms with van der Waals surface area (Å²) in [6, 6.07) is 38.8. The van der Waals surface area contributed by atoms with Crippen molar-refractivity contribution in [1.82, 2.24) is 0 Å². The highest BCUT2D eigenvalue weighted by molar-refractivity contribution is 6.03. The number of benzene rings is 5. The number of rotatable bonds is 6. The van der Waals surface area contributed by atoms with Crippen LogP contribution in [0.15, 0.2) is 126 Å². The minimum atomic E-state index is 0.285. The molecule has 7 rings (SSSR count). The molecule has 1 N–H and O–H groups in total. The largest absolute Gasteiger partial charge is 0.488 e. The van der Waals surface area contributed by atoms with Crippen LogP contribution in [0.5, 0.6) is 5.75 Å². The molecule has 0 aromatic heterocycles. The van der Waals surface area contributed by atoms with Crippen molar-refractivity contribution < 1.29 is 4.74 Å². The Hall–Kier alpha value is -4.63. The van der Waals surface area contributed by atoms with Gasteiger partial charge in [-0.25, -0.2) is 0 Å². The zero-order chi connectivity index (χ0) is 26.9. The second kappa shape index (κ2) is 10.5. The highest BCUT2D eigenvalue weighted by Gasteiger charge is 2.37. The summed E-state index contributed by atoms with van der Waals surface area (Å²) in [5.74, 6) is 1.85. The van der Waals surface area contributed by atoms with Crippen LogP contribution in [-0.4, -0.2) is 6.21 Å². The van der Waals surface area contributed by atoms with Crippen LogP contribution in [0.25, 0.3) is 10.8 Å². The van der Waals surface area contributed by atoms with E-state index in [0.29, 0.717) is 18.4 Å². The van der Waals surface area contributed by atoms with Crippen molar-refractivity contribution in [1.29, 1.82) is 0 Å². The topological polar surface area (TPSA) is 33.6 Å². The molecule has 3 atom stereocenters. The van der Waals surface area contributed by atoms with E-state index < -0.39 is 0 Å². The predicted molar refractivity (Wildman–Crippen MR) is 166 cm³/mol. The van der Waals surface area contributed by atoms with Crippen molar-refractivity contribution in [2.45, 2.75) is 31.9 Å². The van der Waals surface area contributed by atoms with Crippen LogP contribution in [0.2, 0.25) is 0 Å². The number of aliphatic imine (C=N–C) groups is 1. The minimum absolute atomic E-state index is 0.285. The monoisotopic (exact) mass is 520 g/mol. The first-order valence-corrected chi connectivity index (χ1v) is 14.1. The van der Waals surface area contributed by atoms with Gasteiger partial charge in [0.2, 0.25) is 0 Å². The van der Waals surface area contributed by atoms with E-state index in [1.165, 1.54) is 27.8 Å². The van der Waals surface area contributed by atoms with Crippen LogP contribution < -0.4 is 10.1 Å². The normalized spacial score (nSPS) is 19.4. The third kappa shape index (κ3) is 4.69. The van der Waals surface area contributed by atoms with E-state index in [4.69, 9.17) is 9.73 Å². The molecule has 0 spiro atoms. The molecule has 2 aliphatic rings. The van der Waals surface area contributed by atoms with Gasteiger partial charge in [-0.1, -0.05) is 103 Å². The molecule has 0 unspecified atom stereocenters. The van der Waals surface area contributed by atoms with Gasteiger partial charge in [0.25, 0.3) is 0 Å². The van der Waals surface area contributed by atoms with Gasteiger partial charge < -0.3 is 10.1 Å². The molecule has 0 bridgehead atoms. The molecule has 196 valence electrons. The molecule has 5 aromatic carbocycles. The molecule has 3 nitrogen and oxygen atoms in total. The highest BCUT2D eigenvalue weighted by atomic mass is 16.5. The first-order chi connectivity index (χ1) is 19.7. The van der Waals surface area contributed by atoms with Crippen LogP contribution in [0.3, 0.4) is 0 Å². The van der Waals surface area contributed by atoms with Crippen molar-refractivity contribution in [2.24, 2.45) is 10.9 Å². The molecule has 5 aromatic rings. The van der Waals surface area contributed by atoms with Crippen molar-refractivity contribution in [3.8, 4) is 5.75 Å². The fraction of sp³-hybridized carbons (Fsp3) is 0.162. The van der Waals surface area contributed by atoms with E-state index in [-0.39, 0.29) is 6.04 Å². The lowest BCUT2D eigenvalue weighted by Gasteiger charge is -2.37. The molecule has 0 saturated heterocycles. The summed E-state index contributed by atoms with van der Waals surface area (Å²) in [6.07, 6.45) is 7.78. The Labute approximate surface area is 235 Å². The molecule has 0 radical (unpaired) electrons. The van der Waals surface area contributed by atoms with Crippen LogP contribution in [0.4, 0.5) is 11.4 Å². The van der Waals surface area contributed by atoms with E-state index in [1.807, 2.05) is 6.21 Å². The van der Waals surface area contributed by atoms with Gasteiger partial charge in [0, 0.05) is 23.4 Å². The Morgan fingerprint density at radius 2 is 1.65 bits per heavy atom. The summed E-state index contributed by atoms with van der Waals surface area (Å²) in [5, 5.41) is 6.13. The Balaban J connectivity index is 1.15. The van der Waals surface area contributed by atoms with Crippen molar-refractivity contribution in [3.05, 3.63) is 149 Å². The molecule has 0 amide bonds. The number of nitrogens with zero attached hydrogens (tertiary/aromatic N) is 1.